The monoisotopic (exact) mass is 411 g/mol. The summed E-state index contributed by atoms with van der Waals surface area (Å²) in [4.78, 5) is 29.9. The van der Waals surface area contributed by atoms with Crippen molar-refractivity contribution in [3.8, 4) is 11.9 Å². The topological polar surface area (TPSA) is 110 Å². The van der Waals surface area contributed by atoms with Crippen LogP contribution in [-0.4, -0.2) is 33.2 Å². The van der Waals surface area contributed by atoms with E-state index in [-0.39, 0.29) is 23.6 Å². The Labute approximate surface area is 177 Å². The first-order valence-electron chi connectivity index (χ1n) is 9.53. The van der Waals surface area contributed by atoms with Gasteiger partial charge in [0.1, 0.15) is 5.56 Å². The Bertz CT molecular complexity index is 1340. The molecule has 152 valence electrons. The lowest BCUT2D eigenvalue weighted by molar-refractivity contribution is 0.0527. The summed E-state index contributed by atoms with van der Waals surface area (Å²) in [6.45, 7) is 1.87. The highest BCUT2D eigenvalue weighted by molar-refractivity contribution is 6.07. The fraction of sp³-hybridized carbons (Fsp3) is 0.0870. The van der Waals surface area contributed by atoms with Crippen LogP contribution in [0, 0.1) is 11.3 Å². The molecule has 8 nitrogen and oxygen atoms in total. The Morgan fingerprint density at radius 3 is 2.77 bits per heavy atom. The second kappa shape index (κ2) is 8.47. The molecular weight excluding hydrogens is 394 g/mol. The van der Waals surface area contributed by atoms with Gasteiger partial charge < -0.3 is 10.1 Å². The lowest BCUT2D eigenvalue weighted by Gasteiger charge is -2.11. The van der Waals surface area contributed by atoms with E-state index in [9.17, 15) is 9.59 Å². The van der Waals surface area contributed by atoms with Gasteiger partial charge in [-0.2, -0.15) is 15.0 Å². The number of hydrogen-bond acceptors (Lipinski definition) is 6. The van der Waals surface area contributed by atoms with Crippen molar-refractivity contribution >= 4 is 28.6 Å². The number of esters is 1. The fourth-order valence-electron chi connectivity index (χ4n) is 3.08. The van der Waals surface area contributed by atoms with Crippen LogP contribution in [0.2, 0.25) is 0 Å². The van der Waals surface area contributed by atoms with Gasteiger partial charge in [0.25, 0.3) is 5.91 Å². The summed E-state index contributed by atoms with van der Waals surface area (Å²) in [5, 5.41) is 17.0. The maximum atomic E-state index is 12.9. The Hall–Kier alpha value is -4.51. The summed E-state index contributed by atoms with van der Waals surface area (Å²) in [5.41, 5.74) is 1.46. The number of ether oxygens (including phenoxy) is 1. The van der Waals surface area contributed by atoms with Crippen molar-refractivity contribution in [3.63, 3.8) is 0 Å². The number of amides is 1. The van der Waals surface area contributed by atoms with Gasteiger partial charge in [-0.15, -0.1) is 0 Å². The van der Waals surface area contributed by atoms with Crippen LogP contribution < -0.4 is 5.32 Å². The third-order valence-electron chi connectivity index (χ3n) is 4.55. The first-order valence-corrected chi connectivity index (χ1v) is 9.53. The molecule has 0 bridgehead atoms. The number of nitrogens with one attached hydrogen (secondary N) is 1. The molecule has 4 aromatic rings. The van der Waals surface area contributed by atoms with Crippen molar-refractivity contribution < 1.29 is 14.3 Å². The smallest absolute Gasteiger partial charge is 0.343 e. The zero-order valence-corrected chi connectivity index (χ0v) is 16.6. The Morgan fingerprint density at radius 1 is 1.13 bits per heavy atom. The third-order valence-corrected chi connectivity index (χ3v) is 4.55. The van der Waals surface area contributed by atoms with E-state index in [0.717, 1.165) is 10.9 Å². The number of para-hydroxylation sites is 1. The summed E-state index contributed by atoms with van der Waals surface area (Å²) >= 11 is 0. The first kappa shape index (κ1) is 19.8. The van der Waals surface area contributed by atoms with Gasteiger partial charge in [-0.25, -0.2) is 9.78 Å². The molecule has 1 N–H and O–H groups in total. The fourth-order valence-corrected chi connectivity index (χ4v) is 3.08. The van der Waals surface area contributed by atoms with Gasteiger partial charge >= 0.3 is 5.97 Å². The summed E-state index contributed by atoms with van der Waals surface area (Å²) in [5.74, 6) is -0.551. The Morgan fingerprint density at radius 2 is 1.97 bits per heavy atom. The lowest BCUT2D eigenvalue weighted by atomic mass is 10.1. The minimum absolute atomic E-state index is 0.0987. The van der Waals surface area contributed by atoms with E-state index in [1.54, 1.807) is 31.2 Å². The van der Waals surface area contributed by atoms with E-state index in [1.165, 1.54) is 16.9 Å². The number of benzene rings is 2. The number of nitrogens with zero attached hydrogens (tertiary/aromatic N) is 4. The van der Waals surface area contributed by atoms with E-state index < -0.39 is 11.9 Å². The molecule has 0 saturated carbocycles. The molecular formula is C23H17N5O3. The van der Waals surface area contributed by atoms with Crippen LogP contribution in [0.4, 0.5) is 5.82 Å². The van der Waals surface area contributed by atoms with E-state index in [2.05, 4.69) is 15.4 Å². The molecule has 0 atom stereocenters. The molecule has 1 amide bonds. The predicted octanol–water partition coefficient (Wildman–Crippen LogP) is 3.72. The van der Waals surface area contributed by atoms with Gasteiger partial charge in [-0.3, -0.25) is 4.79 Å². The van der Waals surface area contributed by atoms with E-state index >= 15 is 0 Å². The second-order valence-corrected chi connectivity index (χ2v) is 6.55. The number of hydrogen-bond donors (Lipinski definition) is 1. The molecule has 0 aliphatic rings. The quantitative estimate of drug-likeness (QED) is 0.501. The summed E-state index contributed by atoms with van der Waals surface area (Å²) in [6, 6.07) is 19.5. The molecule has 0 unspecified atom stereocenters. The largest absolute Gasteiger partial charge is 0.462 e. The number of aromatic nitrogens is 3. The molecule has 0 aliphatic heterocycles. The average molecular weight is 411 g/mol. The lowest BCUT2D eigenvalue weighted by Crippen LogP contribution is -2.18. The van der Waals surface area contributed by atoms with Gasteiger partial charge in [-0.05, 0) is 43.3 Å². The number of fused-ring (bicyclic) bond motifs is 1. The zero-order valence-electron chi connectivity index (χ0n) is 16.6. The normalized spacial score (nSPS) is 10.5. The highest BCUT2D eigenvalue weighted by Gasteiger charge is 2.23. The average Bonchev–Trinajstić information content (AvgIpc) is 3.22. The van der Waals surface area contributed by atoms with E-state index in [1.807, 2.05) is 36.4 Å². The number of anilines is 1. The van der Waals surface area contributed by atoms with Crippen molar-refractivity contribution in [3.05, 3.63) is 83.6 Å². The van der Waals surface area contributed by atoms with E-state index in [0.29, 0.717) is 11.4 Å². The van der Waals surface area contributed by atoms with Crippen LogP contribution in [-0.2, 0) is 4.74 Å². The molecule has 2 aromatic carbocycles. The van der Waals surface area contributed by atoms with Gasteiger partial charge in [0.15, 0.2) is 11.6 Å². The van der Waals surface area contributed by atoms with Crippen LogP contribution in [0.25, 0.3) is 16.7 Å². The summed E-state index contributed by atoms with van der Waals surface area (Å²) < 4.78 is 6.48. The third kappa shape index (κ3) is 3.97. The van der Waals surface area contributed by atoms with Gasteiger partial charge in [0.2, 0.25) is 0 Å². The number of pyridine rings is 1. The predicted molar refractivity (Wildman–Crippen MR) is 114 cm³/mol. The Balaban J connectivity index is 1.78. The molecule has 8 heteroatoms. The number of rotatable bonds is 5. The second-order valence-electron chi connectivity index (χ2n) is 6.55. The molecule has 0 radical (unpaired) electrons. The van der Waals surface area contributed by atoms with Crippen LogP contribution in [0.1, 0.15) is 33.2 Å². The SMILES string of the molecule is CCOC(=O)c1cnn(-c2ccc3ccccc3n2)c1NC(=O)c1cccc(C#N)c1. The van der Waals surface area contributed by atoms with Crippen LogP contribution in [0.3, 0.4) is 0 Å². The molecule has 0 fully saturated rings. The minimum Gasteiger partial charge on any atom is -0.462 e. The highest BCUT2D eigenvalue weighted by Crippen LogP contribution is 2.23. The standard InChI is InChI=1S/C23H17N5O3/c1-2-31-23(30)18-14-25-28(20-11-10-16-7-3-4-9-19(16)26-20)21(18)27-22(29)17-8-5-6-15(12-17)13-24/h3-12,14H,2H2,1H3,(H,27,29). The zero-order chi connectivity index (χ0) is 21.8. The number of carbonyl (C=O) groups is 2. The van der Waals surface area contributed by atoms with Gasteiger partial charge in [0, 0.05) is 10.9 Å². The van der Waals surface area contributed by atoms with E-state index in [4.69, 9.17) is 10.00 Å². The minimum atomic E-state index is -0.615. The molecule has 0 aliphatic carbocycles. The molecule has 0 spiro atoms. The van der Waals surface area contributed by atoms with Crippen LogP contribution in [0.15, 0.2) is 66.9 Å². The van der Waals surface area contributed by atoms with Gasteiger partial charge in [-0.1, -0.05) is 24.3 Å². The van der Waals surface area contributed by atoms with Crippen molar-refractivity contribution in [2.45, 2.75) is 6.92 Å². The maximum Gasteiger partial charge on any atom is 0.343 e. The molecule has 2 aromatic heterocycles. The number of nitriles is 1. The van der Waals surface area contributed by atoms with Crippen molar-refractivity contribution in [1.82, 2.24) is 14.8 Å². The van der Waals surface area contributed by atoms with Crippen LogP contribution in [0.5, 0.6) is 0 Å². The van der Waals surface area contributed by atoms with Gasteiger partial charge in [0.05, 0.1) is 30.0 Å². The first-order chi connectivity index (χ1) is 15.1. The van der Waals surface area contributed by atoms with Crippen LogP contribution >= 0.6 is 0 Å². The molecule has 2 heterocycles. The maximum absolute atomic E-state index is 12.9. The number of carbonyl (C=O) groups excluding carboxylic acids is 2. The molecule has 4 rings (SSSR count). The van der Waals surface area contributed by atoms with Crippen molar-refractivity contribution in [1.29, 1.82) is 5.26 Å². The van der Waals surface area contributed by atoms with Crippen molar-refractivity contribution in [2.75, 3.05) is 11.9 Å². The molecule has 0 saturated heterocycles. The Kier molecular flexibility index (Phi) is 5.41. The summed E-state index contributed by atoms with van der Waals surface area (Å²) in [6.07, 6.45) is 1.33. The summed E-state index contributed by atoms with van der Waals surface area (Å²) in [7, 11) is 0. The van der Waals surface area contributed by atoms with Crippen molar-refractivity contribution in [2.24, 2.45) is 0 Å². The molecule has 31 heavy (non-hydrogen) atoms. The highest BCUT2D eigenvalue weighted by atomic mass is 16.5.